The van der Waals surface area contributed by atoms with Crippen molar-refractivity contribution in [3.63, 3.8) is 0 Å². The van der Waals surface area contributed by atoms with Gasteiger partial charge in [0.25, 0.3) is 0 Å². The van der Waals surface area contributed by atoms with Gasteiger partial charge in [0.1, 0.15) is 0 Å². The number of hydrogen-bond donors (Lipinski definition) is 2. The molecule has 0 spiro atoms. The summed E-state index contributed by atoms with van der Waals surface area (Å²) < 4.78 is 0. The van der Waals surface area contributed by atoms with E-state index in [9.17, 15) is 0 Å². The Bertz CT molecular complexity index is 83.1. The van der Waals surface area contributed by atoms with Gasteiger partial charge in [0.05, 0.1) is 0 Å². The van der Waals surface area contributed by atoms with E-state index in [4.69, 9.17) is 12.2 Å². The van der Waals surface area contributed by atoms with Gasteiger partial charge in [-0.05, 0) is 25.6 Å². The van der Waals surface area contributed by atoms with Gasteiger partial charge in [-0.2, -0.15) is 0 Å². The van der Waals surface area contributed by atoms with Crippen LogP contribution in [-0.2, 0) is 0 Å². The Morgan fingerprint density at radius 2 is 2.00 bits per heavy atom. The average Bonchev–Trinajstić information content (AvgIpc) is 1.85. The lowest BCUT2D eigenvalue weighted by atomic mass is 10.5. The molecule has 0 rings (SSSR count). The highest BCUT2D eigenvalue weighted by molar-refractivity contribution is 7.80. The Kier molecular flexibility index (Phi) is 5.62. The second kappa shape index (κ2) is 5.82. The van der Waals surface area contributed by atoms with Crippen molar-refractivity contribution < 1.29 is 0 Å². The highest BCUT2D eigenvalue weighted by atomic mass is 32.1. The van der Waals surface area contributed by atoms with Gasteiger partial charge in [0.15, 0.2) is 5.11 Å². The van der Waals surface area contributed by atoms with Crippen LogP contribution in [0, 0.1) is 0 Å². The van der Waals surface area contributed by atoms with Crippen molar-refractivity contribution in [1.82, 2.24) is 10.6 Å². The van der Waals surface area contributed by atoms with Gasteiger partial charge in [-0.3, -0.25) is 0 Å². The standard InChI is InChI=1S/C6H14N2S/c1-3-5-8-6(9)7-4-2/h3-5H2,1-2H3,(H2,7,8,9). The summed E-state index contributed by atoms with van der Waals surface area (Å²) in [7, 11) is 0. The minimum Gasteiger partial charge on any atom is -0.363 e. The van der Waals surface area contributed by atoms with Gasteiger partial charge in [-0.1, -0.05) is 6.92 Å². The monoisotopic (exact) mass is 146 g/mol. The van der Waals surface area contributed by atoms with Crippen LogP contribution in [0.5, 0.6) is 0 Å². The zero-order valence-electron chi connectivity index (χ0n) is 6.03. The Labute approximate surface area is 62.0 Å². The first-order valence-corrected chi connectivity index (χ1v) is 3.73. The van der Waals surface area contributed by atoms with E-state index in [2.05, 4.69) is 17.6 Å². The molecular weight excluding hydrogens is 132 g/mol. The second-order valence-electron chi connectivity index (χ2n) is 1.79. The van der Waals surface area contributed by atoms with Crippen LogP contribution in [0.3, 0.4) is 0 Å². The lowest BCUT2D eigenvalue weighted by Crippen LogP contribution is -2.35. The molecule has 9 heavy (non-hydrogen) atoms. The molecule has 0 amide bonds. The summed E-state index contributed by atoms with van der Waals surface area (Å²) in [5.74, 6) is 0. The smallest absolute Gasteiger partial charge is 0.166 e. The van der Waals surface area contributed by atoms with E-state index >= 15 is 0 Å². The maximum absolute atomic E-state index is 4.90. The molecule has 0 radical (unpaired) electrons. The predicted molar refractivity (Wildman–Crippen MR) is 44.6 cm³/mol. The van der Waals surface area contributed by atoms with Crippen LogP contribution in [0.25, 0.3) is 0 Å². The molecule has 0 saturated carbocycles. The molecule has 0 aromatic rings. The van der Waals surface area contributed by atoms with E-state index in [0.717, 1.165) is 24.6 Å². The molecule has 0 saturated heterocycles. The van der Waals surface area contributed by atoms with E-state index in [0.29, 0.717) is 0 Å². The minimum absolute atomic E-state index is 0.763. The topological polar surface area (TPSA) is 24.1 Å². The molecule has 0 fully saturated rings. The van der Waals surface area contributed by atoms with Crippen LogP contribution in [0.2, 0.25) is 0 Å². The van der Waals surface area contributed by atoms with Crippen molar-refractivity contribution >= 4 is 17.3 Å². The molecule has 0 atom stereocenters. The second-order valence-corrected chi connectivity index (χ2v) is 2.19. The first-order valence-electron chi connectivity index (χ1n) is 3.33. The first-order chi connectivity index (χ1) is 4.31. The third kappa shape index (κ3) is 5.56. The van der Waals surface area contributed by atoms with Gasteiger partial charge in [0, 0.05) is 13.1 Å². The third-order valence-electron chi connectivity index (χ3n) is 0.873. The summed E-state index contributed by atoms with van der Waals surface area (Å²) in [6.07, 6.45) is 1.12. The van der Waals surface area contributed by atoms with Crippen molar-refractivity contribution in [2.24, 2.45) is 0 Å². The molecule has 54 valence electrons. The van der Waals surface area contributed by atoms with Crippen LogP contribution in [0.15, 0.2) is 0 Å². The van der Waals surface area contributed by atoms with Crippen LogP contribution < -0.4 is 10.6 Å². The molecule has 3 heteroatoms. The maximum Gasteiger partial charge on any atom is 0.166 e. The summed E-state index contributed by atoms with van der Waals surface area (Å²) in [5, 5.41) is 6.82. The molecule has 0 aromatic carbocycles. The normalized spacial score (nSPS) is 8.67. The van der Waals surface area contributed by atoms with E-state index in [1.807, 2.05) is 6.92 Å². The Morgan fingerprint density at radius 3 is 2.44 bits per heavy atom. The summed E-state index contributed by atoms with van der Waals surface area (Å²) in [5.41, 5.74) is 0. The molecule has 0 unspecified atom stereocenters. The lowest BCUT2D eigenvalue weighted by molar-refractivity contribution is 0.811. The fourth-order valence-electron chi connectivity index (χ4n) is 0.462. The molecule has 0 aromatic heterocycles. The maximum atomic E-state index is 4.90. The first kappa shape index (κ1) is 8.69. The SMILES string of the molecule is CCCNC(=S)NCC. The van der Waals surface area contributed by atoms with Crippen molar-refractivity contribution in [3.8, 4) is 0 Å². The molecule has 0 aliphatic rings. The molecule has 0 aliphatic heterocycles. The summed E-state index contributed by atoms with van der Waals surface area (Å²) in [6, 6.07) is 0. The van der Waals surface area contributed by atoms with E-state index in [1.54, 1.807) is 0 Å². The van der Waals surface area contributed by atoms with Crippen molar-refractivity contribution in [1.29, 1.82) is 0 Å². The Morgan fingerprint density at radius 1 is 1.33 bits per heavy atom. The third-order valence-corrected chi connectivity index (χ3v) is 1.16. The number of thiocarbonyl (C=S) groups is 1. The van der Waals surface area contributed by atoms with Gasteiger partial charge >= 0.3 is 0 Å². The predicted octanol–water partition coefficient (Wildman–Crippen LogP) is 0.880. The van der Waals surface area contributed by atoms with E-state index < -0.39 is 0 Å². The van der Waals surface area contributed by atoms with Crippen molar-refractivity contribution in [2.75, 3.05) is 13.1 Å². The Hall–Kier alpha value is -0.310. The summed E-state index contributed by atoms with van der Waals surface area (Å²) in [4.78, 5) is 0. The van der Waals surface area contributed by atoms with Gasteiger partial charge in [-0.15, -0.1) is 0 Å². The molecule has 0 aliphatic carbocycles. The van der Waals surface area contributed by atoms with Crippen molar-refractivity contribution in [3.05, 3.63) is 0 Å². The van der Waals surface area contributed by atoms with Crippen LogP contribution in [-0.4, -0.2) is 18.2 Å². The van der Waals surface area contributed by atoms with Crippen LogP contribution in [0.1, 0.15) is 20.3 Å². The fourth-order valence-corrected chi connectivity index (χ4v) is 0.708. The van der Waals surface area contributed by atoms with E-state index in [-0.39, 0.29) is 0 Å². The minimum atomic E-state index is 0.763. The van der Waals surface area contributed by atoms with E-state index in [1.165, 1.54) is 0 Å². The molecule has 2 N–H and O–H groups in total. The summed E-state index contributed by atoms with van der Waals surface area (Å²) >= 11 is 4.90. The van der Waals surface area contributed by atoms with Gasteiger partial charge in [-0.25, -0.2) is 0 Å². The lowest BCUT2D eigenvalue weighted by Gasteiger charge is -2.05. The highest BCUT2D eigenvalue weighted by Gasteiger charge is 1.87. The number of hydrogen-bond acceptors (Lipinski definition) is 1. The van der Waals surface area contributed by atoms with Gasteiger partial charge in [0.2, 0.25) is 0 Å². The van der Waals surface area contributed by atoms with Crippen LogP contribution in [0.4, 0.5) is 0 Å². The molecule has 0 heterocycles. The quantitative estimate of drug-likeness (QED) is 0.578. The molecular formula is C6H14N2S. The molecule has 0 bridgehead atoms. The fraction of sp³-hybridized carbons (Fsp3) is 0.833. The number of rotatable bonds is 3. The zero-order valence-corrected chi connectivity index (χ0v) is 6.85. The van der Waals surface area contributed by atoms with Crippen LogP contribution >= 0.6 is 12.2 Å². The summed E-state index contributed by atoms with van der Waals surface area (Å²) in [6.45, 7) is 6.00. The average molecular weight is 146 g/mol. The van der Waals surface area contributed by atoms with Gasteiger partial charge < -0.3 is 10.6 Å². The highest BCUT2D eigenvalue weighted by Crippen LogP contribution is 1.70. The zero-order chi connectivity index (χ0) is 7.11. The number of nitrogens with one attached hydrogen (secondary N) is 2. The largest absolute Gasteiger partial charge is 0.363 e. The Balaban J connectivity index is 3.06. The molecule has 2 nitrogen and oxygen atoms in total. The van der Waals surface area contributed by atoms with Crippen molar-refractivity contribution in [2.45, 2.75) is 20.3 Å².